The molecule has 98 valence electrons. The number of β-amino-alcohol motifs (C(OH)–C–C–N with tert-alkyl or cyclic N) is 1. The van der Waals surface area contributed by atoms with Crippen LogP contribution in [0.5, 0.6) is 0 Å². The number of piperazine rings is 1. The van der Waals surface area contributed by atoms with Gasteiger partial charge in [0.05, 0.1) is 12.6 Å². The Labute approximate surface area is 105 Å². The van der Waals surface area contributed by atoms with Crippen molar-refractivity contribution in [3.05, 3.63) is 0 Å². The van der Waals surface area contributed by atoms with Crippen LogP contribution in [-0.4, -0.2) is 85.8 Å². The van der Waals surface area contributed by atoms with Gasteiger partial charge in [0.2, 0.25) is 0 Å². The molecule has 1 aliphatic heterocycles. The quantitative estimate of drug-likeness (QED) is 0.658. The van der Waals surface area contributed by atoms with Crippen molar-refractivity contribution < 1.29 is 5.11 Å². The summed E-state index contributed by atoms with van der Waals surface area (Å²) in [7, 11) is 4.14. The second-order valence-corrected chi connectivity index (χ2v) is 4.88. The third-order valence-corrected chi connectivity index (χ3v) is 3.11. The summed E-state index contributed by atoms with van der Waals surface area (Å²) in [6, 6.07) is 0. The third-order valence-electron chi connectivity index (χ3n) is 3.11. The molecule has 17 heavy (non-hydrogen) atoms. The fourth-order valence-electron chi connectivity index (χ4n) is 2.02. The summed E-state index contributed by atoms with van der Waals surface area (Å²) < 4.78 is 0. The Morgan fingerprint density at radius 3 is 2.53 bits per heavy atom. The van der Waals surface area contributed by atoms with Crippen LogP contribution in [0.2, 0.25) is 0 Å². The monoisotopic (exact) mass is 239 g/mol. The van der Waals surface area contributed by atoms with Crippen molar-refractivity contribution in [2.45, 2.75) is 13.0 Å². The number of rotatable bonds is 5. The number of nitrogens with zero attached hydrogens (tertiary/aromatic N) is 3. The second kappa shape index (κ2) is 7.67. The van der Waals surface area contributed by atoms with Gasteiger partial charge in [0.25, 0.3) is 0 Å². The molecule has 0 aromatic carbocycles. The van der Waals surface area contributed by atoms with Gasteiger partial charge in [-0.1, -0.05) is 5.92 Å². The summed E-state index contributed by atoms with van der Waals surface area (Å²) in [5, 5.41) is 9.99. The topological polar surface area (TPSA) is 30.0 Å². The molecule has 1 N–H and O–H groups in total. The molecule has 4 nitrogen and oxygen atoms in total. The lowest BCUT2D eigenvalue weighted by atomic mass is 10.2. The van der Waals surface area contributed by atoms with Gasteiger partial charge in [-0.15, -0.1) is 5.92 Å². The molecule has 0 aliphatic carbocycles. The Balaban J connectivity index is 2.19. The first kappa shape index (κ1) is 14.5. The molecule has 0 amide bonds. The lowest BCUT2D eigenvalue weighted by Crippen LogP contribution is -2.48. The first-order chi connectivity index (χ1) is 8.11. The molecule has 1 saturated heterocycles. The normalized spacial score (nSPS) is 20.1. The minimum atomic E-state index is -0.276. The standard InChI is InChI=1S/C13H25N3O/c1-4-5-6-15(3)11-13(17)12-16-9-7-14(2)8-10-16/h13,17H,6-12H2,1-3H3. The lowest BCUT2D eigenvalue weighted by Gasteiger charge is -2.34. The van der Waals surface area contributed by atoms with Crippen LogP contribution in [-0.2, 0) is 0 Å². The van der Waals surface area contributed by atoms with Gasteiger partial charge in [-0.25, -0.2) is 0 Å². The summed E-state index contributed by atoms with van der Waals surface area (Å²) in [5.41, 5.74) is 0. The van der Waals surface area contributed by atoms with Crippen LogP contribution in [0.4, 0.5) is 0 Å². The fraction of sp³-hybridized carbons (Fsp3) is 0.846. The van der Waals surface area contributed by atoms with Crippen LogP contribution in [0.15, 0.2) is 0 Å². The van der Waals surface area contributed by atoms with E-state index in [1.807, 2.05) is 14.0 Å². The van der Waals surface area contributed by atoms with E-state index in [4.69, 9.17) is 0 Å². The Bertz CT molecular complexity index is 264. The van der Waals surface area contributed by atoms with Crippen molar-refractivity contribution in [3.63, 3.8) is 0 Å². The van der Waals surface area contributed by atoms with E-state index in [0.29, 0.717) is 6.54 Å². The molecule has 0 spiro atoms. The largest absolute Gasteiger partial charge is 0.390 e. The molecule has 0 bridgehead atoms. The predicted octanol–water partition coefficient (Wildman–Crippen LogP) is -0.450. The van der Waals surface area contributed by atoms with Gasteiger partial charge in [0, 0.05) is 39.3 Å². The van der Waals surface area contributed by atoms with Crippen LogP contribution in [0.3, 0.4) is 0 Å². The maximum absolute atomic E-state index is 9.99. The summed E-state index contributed by atoms with van der Waals surface area (Å²) in [4.78, 5) is 6.73. The second-order valence-electron chi connectivity index (χ2n) is 4.88. The van der Waals surface area contributed by atoms with Crippen LogP contribution >= 0.6 is 0 Å². The highest BCUT2D eigenvalue weighted by Gasteiger charge is 2.17. The number of likely N-dealkylation sites (N-methyl/N-ethyl adjacent to an activating group) is 2. The van der Waals surface area contributed by atoms with Gasteiger partial charge in [-0.2, -0.15) is 0 Å². The number of hydrogen-bond donors (Lipinski definition) is 1. The fourth-order valence-corrected chi connectivity index (χ4v) is 2.02. The van der Waals surface area contributed by atoms with E-state index in [1.165, 1.54) is 0 Å². The molecule has 0 saturated carbocycles. The molecule has 0 radical (unpaired) electrons. The lowest BCUT2D eigenvalue weighted by molar-refractivity contribution is 0.0632. The number of aliphatic hydroxyl groups excluding tert-OH is 1. The molecule has 1 atom stereocenters. The van der Waals surface area contributed by atoms with Crippen molar-refractivity contribution in [1.82, 2.24) is 14.7 Å². The van der Waals surface area contributed by atoms with E-state index in [0.717, 1.165) is 39.3 Å². The zero-order chi connectivity index (χ0) is 12.7. The summed E-state index contributed by atoms with van der Waals surface area (Å²) in [5.74, 6) is 5.88. The van der Waals surface area contributed by atoms with Gasteiger partial charge in [0.1, 0.15) is 0 Å². The average Bonchev–Trinajstić information content (AvgIpc) is 2.29. The van der Waals surface area contributed by atoms with Crippen LogP contribution in [0, 0.1) is 11.8 Å². The predicted molar refractivity (Wildman–Crippen MR) is 70.9 cm³/mol. The van der Waals surface area contributed by atoms with Crippen molar-refractivity contribution in [3.8, 4) is 11.8 Å². The molecule has 1 unspecified atom stereocenters. The third kappa shape index (κ3) is 6.04. The number of hydrogen-bond acceptors (Lipinski definition) is 4. The van der Waals surface area contributed by atoms with E-state index < -0.39 is 0 Å². The maximum atomic E-state index is 9.99. The Morgan fingerprint density at radius 1 is 1.29 bits per heavy atom. The van der Waals surface area contributed by atoms with Gasteiger partial charge in [-0.3, -0.25) is 9.80 Å². The molecular weight excluding hydrogens is 214 g/mol. The van der Waals surface area contributed by atoms with E-state index in [-0.39, 0.29) is 6.10 Å². The smallest absolute Gasteiger partial charge is 0.0794 e. The molecule has 4 heteroatoms. The summed E-state index contributed by atoms with van der Waals surface area (Å²) >= 11 is 0. The van der Waals surface area contributed by atoms with Crippen molar-refractivity contribution in [2.24, 2.45) is 0 Å². The van der Waals surface area contributed by atoms with Crippen molar-refractivity contribution >= 4 is 0 Å². The van der Waals surface area contributed by atoms with E-state index in [2.05, 4.69) is 33.6 Å². The first-order valence-electron chi connectivity index (χ1n) is 6.29. The SMILES string of the molecule is CC#CCN(C)CC(O)CN1CCN(C)CC1. The van der Waals surface area contributed by atoms with Crippen LogP contribution < -0.4 is 0 Å². The Kier molecular flexibility index (Phi) is 6.53. The number of aliphatic hydroxyl groups is 1. The van der Waals surface area contributed by atoms with Crippen LogP contribution in [0.25, 0.3) is 0 Å². The maximum Gasteiger partial charge on any atom is 0.0794 e. The molecule has 1 aliphatic rings. The molecule has 0 aromatic rings. The molecule has 1 rings (SSSR count). The van der Waals surface area contributed by atoms with Gasteiger partial charge in [0.15, 0.2) is 0 Å². The average molecular weight is 239 g/mol. The Morgan fingerprint density at radius 2 is 1.94 bits per heavy atom. The van der Waals surface area contributed by atoms with Crippen molar-refractivity contribution in [2.75, 3.05) is 59.9 Å². The highest BCUT2D eigenvalue weighted by Crippen LogP contribution is 2.01. The molecule has 1 heterocycles. The van der Waals surface area contributed by atoms with Gasteiger partial charge >= 0.3 is 0 Å². The van der Waals surface area contributed by atoms with E-state index in [9.17, 15) is 5.11 Å². The molecular formula is C13H25N3O. The van der Waals surface area contributed by atoms with Crippen molar-refractivity contribution in [1.29, 1.82) is 0 Å². The van der Waals surface area contributed by atoms with Gasteiger partial charge in [-0.05, 0) is 21.0 Å². The highest BCUT2D eigenvalue weighted by molar-refractivity contribution is 4.97. The minimum Gasteiger partial charge on any atom is -0.390 e. The van der Waals surface area contributed by atoms with Crippen LogP contribution in [0.1, 0.15) is 6.92 Å². The minimum absolute atomic E-state index is 0.276. The molecule has 1 fully saturated rings. The van der Waals surface area contributed by atoms with Gasteiger partial charge < -0.3 is 10.0 Å². The summed E-state index contributed by atoms with van der Waals surface area (Å²) in [6.07, 6.45) is -0.276. The van der Waals surface area contributed by atoms with E-state index in [1.54, 1.807) is 0 Å². The van der Waals surface area contributed by atoms with E-state index >= 15 is 0 Å². The Hall–Kier alpha value is -0.600. The first-order valence-corrected chi connectivity index (χ1v) is 6.29. The highest BCUT2D eigenvalue weighted by atomic mass is 16.3. The summed E-state index contributed by atoms with van der Waals surface area (Å²) in [6.45, 7) is 8.37. The molecule has 0 aromatic heterocycles. The zero-order valence-electron chi connectivity index (χ0n) is 11.3. The zero-order valence-corrected chi connectivity index (χ0v) is 11.3.